The molecule has 2 aromatic heterocycles. The molecule has 0 radical (unpaired) electrons. The lowest BCUT2D eigenvalue weighted by molar-refractivity contribution is 0.460. The summed E-state index contributed by atoms with van der Waals surface area (Å²) < 4.78 is 5.50. The van der Waals surface area contributed by atoms with Gasteiger partial charge in [0.2, 0.25) is 5.88 Å². The van der Waals surface area contributed by atoms with Gasteiger partial charge in [-0.15, -0.1) is 0 Å². The van der Waals surface area contributed by atoms with E-state index in [-0.39, 0.29) is 0 Å². The standard InChI is InChI=1S/C12H11ClN2O/c1-2-9-3-6-12(15-7-9)16-10-4-5-11(13)14-8-10/h3-8H,2H2,1H3. The first-order valence-corrected chi connectivity index (χ1v) is 5.40. The van der Waals surface area contributed by atoms with E-state index in [2.05, 4.69) is 16.9 Å². The van der Waals surface area contributed by atoms with Crippen LogP contribution in [0.2, 0.25) is 5.15 Å². The number of pyridine rings is 2. The van der Waals surface area contributed by atoms with Crippen LogP contribution in [0.4, 0.5) is 0 Å². The minimum Gasteiger partial charge on any atom is -0.437 e. The Bertz CT molecular complexity index is 453. The molecule has 0 bridgehead atoms. The summed E-state index contributed by atoms with van der Waals surface area (Å²) in [6.45, 7) is 2.08. The molecule has 0 aliphatic carbocycles. The Balaban J connectivity index is 2.11. The molecule has 16 heavy (non-hydrogen) atoms. The van der Waals surface area contributed by atoms with E-state index in [0.717, 1.165) is 6.42 Å². The summed E-state index contributed by atoms with van der Waals surface area (Å²) >= 11 is 5.67. The molecule has 0 aliphatic heterocycles. The highest BCUT2D eigenvalue weighted by Crippen LogP contribution is 2.19. The highest BCUT2D eigenvalue weighted by molar-refractivity contribution is 6.29. The van der Waals surface area contributed by atoms with E-state index in [4.69, 9.17) is 16.3 Å². The average molecular weight is 235 g/mol. The lowest BCUT2D eigenvalue weighted by atomic mass is 10.2. The molecular formula is C12H11ClN2O. The fraction of sp³-hybridized carbons (Fsp3) is 0.167. The largest absolute Gasteiger partial charge is 0.437 e. The van der Waals surface area contributed by atoms with Gasteiger partial charge in [0.15, 0.2) is 0 Å². The third-order valence-corrected chi connectivity index (χ3v) is 2.35. The summed E-state index contributed by atoms with van der Waals surface area (Å²) in [5.41, 5.74) is 1.18. The fourth-order valence-electron chi connectivity index (χ4n) is 1.22. The highest BCUT2D eigenvalue weighted by Gasteiger charge is 1.99. The first kappa shape index (κ1) is 10.9. The topological polar surface area (TPSA) is 35.0 Å². The third kappa shape index (κ3) is 2.70. The quantitative estimate of drug-likeness (QED) is 0.763. The highest BCUT2D eigenvalue weighted by atomic mass is 35.5. The van der Waals surface area contributed by atoms with Crippen molar-refractivity contribution in [2.75, 3.05) is 0 Å². The second-order valence-corrected chi connectivity index (χ2v) is 3.66. The lowest BCUT2D eigenvalue weighted by Gasteiger charge is -2.04. The molecule has 3 nitrogen and oxygen atoms in total. The van der Waals surface area contributed by atoms with Gasteiger partial charge in [0.05, 0.1) is 6.20 Å². The van der Waals surface area contributed by atoms with Crippen molar-refractivity contribution in [3.05, 3.63) is 47.4 Å². The Labute approximate surface area is 99.1 Å². The van der Waals surface area contributed by atoms with Gasteiger partial charge in [-0.2, -0.15) is 0 Å². The summed E-state index contributed by atoms with van der Waals surface area (Å²) in [6, 6.07) is 7.27. The predicted molar refractivity (Wildman–Crippen MR) is 62.9 cm³/mol. The van der Waals surface area contributed by atoms with Crippen LogP contribution in [0, 0.1) is 0 Å². The number of hydrogen-bond donors (Lipinski definition) is 0. The van der Waals surface area contributed by atoms with Crippen LogP contribution in [-0.4, -0.2) is 9.97 Å². The molecule has 2 aromatic rings. The Morgan fingerprint density at radius 1 is 1.12 bits per heavy atom. The van der Waals surface area contributed by atoms with Crippen molar-refractivity contribution in [1.82, 2.24) is 9.97 Å². The van der Waals surface area contributed by atoms with Crippen molar-refractivity contribution < 1.29 is 4.74 Å². The van der Waals surface area contributed by atoms with E-state index < -0.39 is 0 Å². The van der Waals surface area contributed by atoms with Crippen LogP contribution >= 0.6 is 11.6 Å². The first-order valence-electron chi connectivity index (χ1n) is 5.02. The Hall–Kier alpha value is -1.61. The minimum absolute atomic E-state index is 0.446. The van der Waals surface area contributed by atoms with Crippen molar-refractivity contribution in [2.45, 2.75) is 13.3 Å². The number of ether oxygens (including phenoxy) is 1. The number of nitrogens with zero attached hydrogens (tertiary/aromatic N) is 2. The molecule has 0 amide bonds. The fourth-order valence-corrected chi connectivity index (χ4v) is 1.34. The SMILES string of the molecule is CCc1ccc(Oc2ccc(Cl)nc2)nc1. The molecule has 0 atom stereocenters. The van der Waals surface area contributed by atoms with Gasteiger partial charge in [-0.1, -0.05) is 24.6 Å². The van der Waals surface area contributed by atoms with Crippen LogP contribution in [-0.2, 0) is 6.42 Å². The smallest absolute Gasteiger partial charge is 0.219 e. The molecule has 0 saturated carbocycles. The van der Waals surface area contributed by atoms with Crippen molar-refractivity contribution in [3.8, 4) is 11.6 Å². The number of halogens is 1. The first-order chi connectivity index (χ1) is 7.78. The van der Waals surface area contributed by atoms with E-state index in [9.17, 15) is 0 Å². The van der Waals surface area contributed by atoms with Crippen LogP contribution in [0.5, 0.6) is 11.6 Å². The summed E-state index contributed by atoms with van der Waals surface area (Å²) in [4.78, 5) is 8.11. The maximum Gasteiger partial charge on any atom is 0.219 e. The number of hydrogen-bond acceptors (Lipinski definition) is 3. The normalized spacial score (nSPS) is 10.1. The molecule has 0 N–H and O–H groups in total. The maximum absolute atomic E-state index is 5.67. The van der Waals surface area contributed by atoms with E-state index in [1.807, 2.05) is 12.1 Å². The van der Waals surface area contributed by atoms with E-state index in [1.54, 1.807) is 24.5 Å². The van der Waals surface area contributed by atoms with Crippen LogP contribution in [0.15, 0.2) is 36.7 Å². The van der Waals surface area contributed by atoms with Crippen molar-refractivity contribution in [3.63, 3.8) is 0 Å². The van der Waals surface area contributed by atoms with Gasteiger partial charge in [-0.3, -0.25) is 0 Å². The molecule has 0 aliphatic rings. The Morgan fingerprint density at radius 2 is 2.00 bits per heavy atom. The van der Waals surface area contributed by atoms with E-state index in [0.29, 0.717) is 16.8 Å². The van der Waals surface area contributed by atoms with Crippen LogP contribution in [0.1, 0.15) is 12.5 Å². The van der Waals surface area contributed by atoms with Gasteiger partial charge in [0, 0.05) is 12.3 Å². The van der Waals surface area contributed by atoms with Crippen LogP contribution < -0.4 is 4.74 Å². The van der Waals surface area contributed by atoms with Gasteiger partial charge in [-0.05, 0) is 24.1 Å². The third-order valence-electron chi connectivity index (χ3n) is 2.13. The Kier molecular flexibility index (Phi) is 3.37. The molecule has 0 aromatic carbocycles. The van der Waals surface area contributed by atoms with Crippen molar-refractivity contribution in [1.29, 1.82) is 0 Å². The zero-order valence-electron chi connectivity index (χ0n) is 8.85. The number of aromatic nitrogens is 2. The molecule has 0 saturated heterocycles. The summed E-state index contributed by atoms with van der Waals surface area (Å²) in [7, 11) is 0. The second kappa shape index (κ2) is 4.94. The van der Waals surface area contributed by atoms with Crippen molar-refractivity contribution in [2.24, 2.45) is 0 Å². The van der Waals surface area contributed by atoms with E-state index in [1.165, 1.54) is 5.56 Å². The predicted octanol–water partition coefficient (Wildman–Crippen LogP) is 3.48. The summed E-state index contributed by atoms with van der Waals surface area (Å²) in [5.74, 6) is 1.18. The van der Waals surface area contributed by atoms with Gasteiger partial charge in [0.25, 0.3) is 0 Å². The van der Waals surface area contributed by atoms with E-state index >= 15 is 0 Å². The molecule has 2 heterocycles. The minimum atomic E-state index is 0.446. The Morgan fingerprint density at radius 3 is 2.56 bits per heavy atom. The van der Waals surface area contributed by atoms with Gasteiger partial charge in [-0.25, -0.2) is 9.97 Å². The summed E-state index contributed by atoms with van der Waals surface area (Å²) in [5, 5.41) is 0.446. The lowest BCUT2D eigenvalue weighted by Crippen LogP contribution is -1.89. The zero-order valence-corrected chi connectivity index (χ0v) is 9.61. The molecule has 4 heteroatoms. The maximum atomic E-state index is 5.67. The van der Waals surface area contributed by atoms with Gasteiger partial charge >= 0.3 is 0 Å². The second-order valence-electron chi connectivity index (χ2n) is 3.28. The molecule has 82 valence electrons. The molecule has 0 unspecified atom stereocenters. The molecule has 0 fully saturated rings. The number of aryl methyl sites for hydroxylation is 1. The monoisotopic (exact) mass is 234 g/mol. The number of rotatable bonds is 3. The molecule has 0 spiro atoms. The van der Waals surface area contributed by atoms with Gasteiger partial charge < -0.3 is 4.74 Å². The average Bonchev–Trinajstić information content (AvgIpc) is 2.33. The molecule has 2 rings (SSSR count). The van der Waals surface area contributed by atoms with Crippen LogP contribution in [0.25, 0.3) is 0 Å². The van der Waals surface area contributed by atoms with Crippen LogP contribution in [0.3, 0.4) is 0 Å². The van der Waals surface area contributed by atoms with Gasteiger partial charge in [0.1, 0.15) is 10.9 Å². The molecular weight excluding hydrogens is 224 g/mol. The summed E-state index contributed by atoms with van der Waals surface area (Å²) in [6.07, 6.45) is 4.34. The zero-order chi connectivity index (χ0) is 11.4. The van der Waals surface area contributed by atoms with Crippen molar-refractivity contribution >= 4 is 11.6 Å².